The number of hydrogen-bond acceptors (Lipinski definition) is 4. The van der Waals surface area contributed by atoms with Crippen molar-refractivity contribution in [2.75, 3.05) is 38.2 Å². The van der Waals surface area contributed by atoms with Crippen LogP contribution >= 0.6 is 11.8 Å². The lowest BCUT2D eigenvalue weighted by molar-refractivity contribution is -0.137. The highest BCUT2D eigenvalue weighted by Gasteiger charge is 2.30. The Kier molecular flexibility index (Phi) is 7.79. The number of amides is 1. The van der Waals surface area contributed by atoms with E-state index in [2.05, 4.69) is 4.90 Å². The van der Waals surface area contributed by atoms with Crippen molar-refractivity contribution in [1.29, 1.82) is 0 Å². The Morgan fingerprint density at radius 2 is 1.88 bits per heavy atom. The van der Waals surface area contributed by atoms with Crippen LogP contribution in [0.2, 0.25) is 0 Å². The molecular formula is C18H26F3N3OS. The van der Waals surface area contributed by atoms with Crippen molar-refractivity contribution in [2.24, 2.45) is 5.73 Å². The molecule has 0 spiro atoms. The fourth-order valence-corrected chi connectivity index (χ4v) is 3.50. The van der Waals surface area contributed by atoms with E-state index in [0.29, 0.717) is 32.6 Å². The van der Waals surface area contributed by atoms with Gasteiger partial charge in [0.2, 0.25) is 5.91 Å². The first-order valence-electron chi connectivity index (χ1n) is 8.73. The molecule has 0 unspecified atom stereocenters. The lowest BCUT2D eigenvalue weighted by Crippen LogP contribution is -2.45. The van der Waals surface area contributed by atoms with Crippen molar-refractivity contribution in [3.63, 3.8) is 0 Å². The number of rotatable bonds is 6. The number of carbonyl (C=O) groups excluding carboxylic acids is 1. The highest BCUT2D eigenvalue weighted by molar-refractivity contribution is 7.98. The van der Waals surface area contributed by atoms with E-state index >= 15 is 0 Å². The second kappa shape index (κ2) is 9.62. The Bertz CT molecular complexity index is 580. The predicted molar refractivity (Wildman–Crippen MR) is 98.9 cm³/mol. The number of benzene rings is 1. The molecule has 146 valence electrons. The molecule has 1 aromatic rings. The van der Waals surface area contributed by atoms with Crippen molar-refractivity contribution in [2.45, 2.75) is 31.6 Å². The fraction of sp³-hybridized carbons (Fsp3) is 0.611. The molecule has 1 amide bonds. The Morgan fingerprint density at radius 1 is 1.19 bits per heavy atom. The molecule has 1 aliphatic heterocycles. The minimum atomic E-state index is -4.31. The van der Waals surface area contributed by atoms with E-state index in [0.717, 1.165) is 36.4 Å². The molecule has 0 aromatic heterocycles. The second-order valence-electron chi connectivity index (χ2n) is 6.54. The fourth-order valence-electron chi connectivity index (χ4n) is 3.01. The summed E-state index contributed by atoms with van der Waals surface area (Å²) in [7, 11) is 0. The predicted octanol–water partition coefficient (Wildman–Crippen LogP) is 2.82. The van der Waals surface area contributed by atoms with E-state index < -0.39 is 17.8 Å². The maximum Gasteiger partial charge on any atom is 0.416 e. The van der Waals surface area contributed by atoms with Gasteiger partial charge in [0, 0.05) is 32.7 Å². The number of halogens is 3. The second-order valence-corrected chi connectivity index (χ2v) is 7.52. The number of hydrogen-bond donors (Lipinski definition) is 1. The summed E-state index contributed by atoms with van der Waals surface area (Å²) in [5.74, 6) is 0.858. The zero-order chi connectivity index (χ0) is 19.2. The van der Waals surface area contributed by atoms with Crippen molar-refractivity contribution in [1.82, 2.24) is 9.80 Å². The van der Waals surface area contributed by atoms with Crippen LogP contribution < -0.4 is 5.73 Å². The highest BCUT2D eigenvalue weighted by Crippen LogP contribution is 2.29. The average Bonchev–Trinajstić information content (AvgIpc) is 2.84. The van der Waals surface area contributed by atoms with Gasteiger partial charge in [-0.3, -0.25) is 9.69 Å². The number of nitrogens with two attached hydrogens (primary N) is 1. The minimum absolute atomic E-state index is 0.00423. The maximum atomic E-state index is 12.6. The molecule has 0 radical (unpaired) electrons. The molecule has 0 bridgehead atoms. The number of thioether (sulfide) groups is 1. The van der Waals surface area contributed by atoms with Gasteiger partial charge in [0.05, 0.1) is 11.6 Å². The SMILES string of the molecule is CSCC[C@H](N)C(=O)N1CCCN(Cc2ccc(C(F)(F)F)cc2)CC1. The van der Waals surface area contributed by atoms with Gasteiger partial charge in [0.15, 0.2) is 0 Å². The van der Waals surface area contributed by atoms with E-state index in [1.165, 1.54) is 12.1 Å². The summed E-state index contributed by atoms with van der Waals surface area (Å²) in [5, 5.41) is 0. The average molecular weight is 389 g/mol. The third-order valence-electron chi connectivity index (χ3n) is 4.54. The standard InChI is InChI=1S/C18H26F3N3OS/c1-26-12-7-16(22)17(25)24-9-2-8-23(10-11-24)13-14-3-5-15(6-4-14)18(19,20)21/h3-6,16H,2,7-13,22H2,1H3/t16-/m0/s1. The first-order valence-corrected chi connectivity index (χ1v) is 10.1. The molecule has 0 saturated carbocycles. The van der Waals surface area contributed by atoms with E-state index in [1.54, 1.807) is 11.8 Å². The largest absolute Gasteiger partial charge is 0.416 e. The molecule has 1 fully saturated rings. The molecule has 1 aliphatic rings. The van der Waals surface area contributed by atoms with Crippen LogP contribution in [0, 0.1) is 0 Å². The van der Waals surface area contributed by atoms with Crippen molar-refractivity contribution in [3.05, 3.63) is 35.4 Å². The van der Waals surface area contributed by atoms with Crippen LogP contribution in [0.15, 0.2) is 24.3 Å². The summed E-state index contributed by atoms with van der Waals surface area (Å²) in [6, 6.07) is 4.83. The van der Waals surface area contributed by atoms with Crippen molar-refractivity contribution < 1.29 is 18.0 Å². The zero-order valence-electron chi connectivity index (χ0n) is 15.0. The van der Waals surface area contributed by atoms with E-state index in [9.17, 15) is 18.0 Å². The molecule has 1 saturated heterocycles. The molecule has 0 aliphatic carbocycles. The summed E-state index contributed by atoms with van der Waals surface area (Å²) in [6.07, 6.45) is -0.813. The van der Waals surface area contributed by atoms with Gasteiger partial charge in [-0.1, -0.05) is 12.1 Å². The minimum Gasteiger partial charge on any atom is -0.340 e. The molecule has 4 nitrogen and oxygen atoms in total. The van der Waals surface area contributed by atoms with Gasteiger partial charge in [-0.25, -0.2) is 0 Å². The smallest absolute Gasteiger partial charge is 0.340 e. The van der Waals surface area contributed by atoms with Crippen LogP contribution in [0.3, 0.4) is 0 Å². The van der Waals surface area contributed by atoms with Gasteiger partial charge < -0.3 is 10.6 Å². The third kappa shape index (κ3) is 6.17. The Labute approximate surface area is 156 Å². The number of alkyl halides is 3. The van der Waals surface area contributed by atoms with E-state index in [1.807, 2.05) is 11.2 Å². The summed E-state index contributed by atoms with van der Waals surface area (Å²) >= 11 is 1.67. The van der Waals surface area contributed by atoms with Crippen LogP contribution in [0.25, 0.3) is 0 Å². The van der Waals surface area contributed by atoms with Gasteiger partial charge >= 0.3 is 6.18 Å². The van der Waals surface area contributed by atoms with E-state index in [4.69, 9.17) is 5.73 Å². The zero-order valence-corrected chi connectivity index (χ0v) is 15.8. The molecule has 1 aromatic carbocycles. The first kappa shape index (κ1) is 21.1. The van der Waals surface area contributed by atoms with Crippen LogP contribution in [0.1, 0.15) is 24.0 Å². The molecule has 1 heterocycles. The van der Waals surface area contributed by atoms with Gasteiger partial charge in [-0.15, -0.1) is 0 Å². The van der Waals surface area contributed by atoms with Crippen LogP contribution in [0.5, 0.6) is 0 Å². The van der Waals surface area contributed by atoms with Crippen molar-refractivity contribution in [3.8, 4) is 0 Å². The van der Waals surface area contributed by atoms with E-state index in [-0.39, 0.29) is 5.91 Å². The Hall–Kier alpha value is -1.25. The molecule has 2 rings (SSSR count). The van der Waals surface area contributed by atoms with Gasteiger partial charge in [0.1, 0.15) is 0 Å². The number of carbonyl (C=O) groups is 1. The lowest BCUT2D eigenvalue weighted by Gasteiger charge is -2.24. The quantitative estimate of drug-likeness (QED) is 0.813. The van der Waals surface area contributed by atoms with Crippen LogP contribution in [0.4, 0.5) is 13.2 Å². The maximum absolute atomic E-state index is 12.6. The van der Waals surface area contributed by atoms with Crippen molar-refractivity contribution >= 4 is 17.7 Å². The summed E-state index contributed by atoms with van der Waals surface area (Å²) in [6.45, 7) is 3.37. The Morgan fingerprint density at radius 3 is 2.50 bits per heavy atom. The first-order chi connectivity index (χ1) is 12.3. The summed E-state index contributed by atoms with van der Waals surface area (Å²) in [4.78, 5) is 16.4. The molecular weight excluding hydrogens is 363 g/mol. The lowest BCUT2D eigenvalue weighted by atomic mass is 10.1. The topological polar surface area (TPSA) is 49.6 Å². The summed E-state index contributed by atoms with van der Waals surface area (Å²) in [5.41, 5.74) is 6.19. The molecule has 8 heteroatoms. The number of nitrogens with zero attached hydrogens (tertiary/aromatic N) is 2. The van der Waals surface area contributed by atoms with Gasteiger partial charge in [-0.2, -0.15) is 24.9 Å². The van der Waals surface area contributed by atoms with Gasteiger partial charge in [0.25, 0.3) is 0 Å². The monoisotopic (exact) mass is 389 g/mol. The normalized spacial score (nSPS) is 17.8. The van der Waals surface area contributed by atoms with Crippen LogP contribution in [-0.2, 0) is 17.5 Å². The Balaban J connectivity index is 1.87. The molecule has 2 N–H and O–H groups in total. The van der Waals surface area contributed by atoms with Crippen LogP contribution in [-0.4, -0.2) is 59.9 Å². The summed E-state index contributed by atoms with van der Waals surface area (Å²) < 4.78 is 37.9. The molecule has 1 atom stereocenters. The van der Waals surface area contributed by atoms with Gasteiger partial charge in [-0.05, 0) is 42.5 Å². The highest BCUT2D eigenvalue weighted by atomic mass is 32.2. The third-order valence-corrected chi connectivity index (χ3v) is 5.18. The molecule has 26 heavy (non-hydrogen) atoms.